The Labute approximate surface area is 119 Å². The van der Waals surface area contributed by atoms with Gasteiger partial charge in [0.1, 0.15) is 12.1 Å². The largest absolute Gasteiger partial charge is 0.354 e. The molecule has 1 aromatic heterocycles. The maximum Gasteiger partial charge on any atom is 0.130 e. The zero-order valence-electron chi connectivity index (χ0n) is 11.5. The van der Waals surface area contributed by atoms with E-state index in [1.807, 2.05) is 19.9 Å². The van der Waals surface area contributed by atoms with Gasteiger partial charge in [-0.2, -0.15) is 0 Å². The van der Waals surface area contributed by atoms with E-state index < -0.39 is 0 Å². The number of aromatic nitrogens is 1. The Bertz CT molecular complexity index is 442. The standard InChI is InChI=1S/C14H20ClN3O/c1-14(2,11-19)10-17-5-7-18(8-6-17)13-9-12(15)3-4-16-13/h3-4,9,11H,5-8,10H2,1-2H3. The van der Waals surface area contributed by atoms with E-state index in [1.165, 1.54) is 0 Å². The van der Waals surface area contributed by atoms with E-state index >= 15 is 0 Å². The summed E-state index contributed by atoms with van der Waals surface area (Å²) in [5.41, 5.74) is -0.267. The van der Waals surface area contributed by atoms with Crippen molar-refractivity contribution in [2.45, 2.75) is 13.8 Å². The van der Waals surface area contributed by atoms with Crippen molar-refractivity contribution in [3.8, 4) is 0 Å². The van der Waals surface area contributed by atoms with Crippen molar-refractivity contribution in [1.82, 2.24) is 9.88 Å². The molecule has 0 bridgehead atoms. The second-order valence-electron chi connectivity index (χ2n) is 5.70. The molecule has 1 fully saturated rings. The number of aldehydes is 1. The lowest BCUT2D eigenvalue weighted by Gasteiger charge is -2.37. The average molecular weight is 282 g/mol. The number of carbonyl (C=O) groups excluding carboxylic acids is 1. The summed E-state index contributed by atoms with van der Waals surface area (Å²) >= 11 is 5.98. The van der Waals surface area contributed by atoms with Crippen molar-refractivity contribution in [2.75, 3.05) is 37.6 Å². The normalized spacial score (nSPS) is 17.5. The Morgan fingerprint density at radius 1 is 1.37 bits per heavy atom. The van der Waals surface area contributed by atoms with Gasteiger partial charge in [0.2, 0.25) is 0 Å². The van der Waals surface area contributed by atoms with E-state index in [0.717, 1.165) is 49.9 Å². The van der Waals surface area contributed by atoms with Gasteiger partial charge in [-0.1, -0.05) is 25.4 Å². The van der Waals surface area contributed by atoms with Crippen LogP contribution in [0.4, 0.5) is 5.82 Å². The van der Waals surface area contributed by atoms with Gasteiger partial charge in [0, 0.05) is 49.4 Å². The van der Waals surface area contributed by atoms with Gasteiger partial charge in [-0.25, -0.2) is 4.98 Å². The molecule has 5 heteroatoms. The first kappa shape index (κ1) is 14.3. The highest BCUT2D eigenvalue weighted by Crippen LogP contribution is 2.19. The SMILES string of the molecule is CC(C)(C=O)CN1CCN(c2cc(Cl)ccn2)CC1. The first-order valence-electron chi connectivity index (χ1n) is 6.55. The number of anilines is 1. The van der Waals surface area contributed by atoms with Crippen LogP contribution in [0.25, 0.3) is 0 Å². The van der Waals surface area contributed by atoms with Crippen LogP contribution in [0.5, 0.6) is 0 Å². The number of rotatable bonds is 4. The van der Waals surface area contributed by atoms with Gasteiger partial charge in [-0.3, -0.25) is 4.90 Å². The van der Waals surface area contributed by atoms with Crippen LogP contribution < -0.4 is 4.90 Å². The summed E-state index contributed by atoms with van der Waals surface area (Å²) in [6.07, 6.45) is 2.78. The Kier molecular flexibility index (Phi) is 4.42. The zero-order chi connectivity index (χ0) is 13.9. The van der Waals surface area contributed by atoms with Crippen LogP contribution in [0.2, 0.25) is 5.02 Å². The smallest absolute Gasteiger partial charge is 0.130 e. The van der Waals surface area contributed by atoms with Crippen LogP contribution in [0.1, 0.15) is 13.8 Å². The monoisotopic (exact) mass is 281 g/mol. The summed E-state index contributed by atoms with van der Waals surface area (Å²) < 4.78 is 0. The number of piperazine rings is 1. The number of hydrogen-bond donors (Lipinski definition) is 0. The lowest BCUT2D eigenvalue weighted by molar-refractivity contribution is -0.115. The number of halogens is 1. The molecule has 2 rings (SSSR count). The van der Waals surface area contributed by atoms with E-state index in [9.17, 15) is 4.79 Å². The molecule has 2 heterocycles. The van der Waals surface area contributed by atoms with Gasteiger partial charge in [0.25, 0.3) is 0 Å². The minimum absolute atomic E-state index is 0.267. The van der Waals surface area contributed by atoms with Crippen LogP contribution in [0.15, 0.2) is 18.3 Å². The molecule has 0 aliphatic carbocycles. The van der Waals surface area contributed by atoms with Crippen LogP contribution in [-0.2, 0) is 4.79 Å². The van der Waals surface area contributed by atoms with Crippen molar-refractivity contribution in [1.29, 1.82) is 0 Å². The highest BCUT2D eigenvalue weighted by atomic mass is 35.5. The molecule has 1 aliphatic heterocycles. The van der Waals surface area contributed by atoms with Gasteiger partial charge in [-0.05, 0) is 12.1 Å². The van der Waals surface area contributed by atoms with Crippen LogP contribution >= 0.6 is 11.6 Å². The molecule has 0 radical (unpaired) electrons. The predicted molar refractivity (Wildman–Crippen MR) is 77.7 cm³/mol. The van der Waals surface area contributed by atoms with Crippen molar-refractivity contribution < 1.29 is 4.79 Å². The molecule has 0 saturated carbocycles. The number of pyridine rings is 1. The molecule has 0 amide bonds. The maximum atomic E-state index is 11.0. The van der Waals surface area contributed by atoms with E-state index in [0.29, 0.717) is 0 Å². The average Bonchev–Trinajstić information content (AvgIpc) is 2.39. The number of nitrogens with zero attached hydrogens (tertiary/aromatic N) is 3. The number of hydrogen-bond acceptors (Lipinski definition) is 4. The molecule has 0 unspecified atom stereocenters. The third-order valence-electron chi connectivity index (χ3n) is 3.35. The first-order valence-corrected chi connectivity index (χ1v) is 6.93. The summed E-state index contributed by atoms with van der Waals surface area (Å²) in [6, 6.07) is 3.68. The summed E-state index contributed by atoms with van der Waals surface area (Å²) in [5, 5.41) is 0.717. The summed E-state index contributed by atoms with van der Waals surface area (Å²) in [6.45, 7) is 8.50. The molecule has 1 saturated heterocycles. The minimum atomic E-state index is -0.267. The Morgan fingerprint density at radius 2 is 2.05 bits per heavy atom. The molecule has 0 spiro atoms. The Balaban J connectivity index is 1.91. The topological polar surface area (TPSA) is 36.4 Å². The minimum Gasteiger partial charge on any atom is -0.354 e. The summed E-state index contributed by atoms with van der Waals surface area (Å²) in [4.78, 5) is 19.9. The van der Waals surface area contributed by atoms with Crippen LogP contribution in [-0.4, -0.2) is 48.9 Å². The van der Waals surface area contributed by atoms with Crippen LogP contribution in [0, 0.1) is 5.41 Å². The van der Waals surface area contributed by atoms with E-state index in [4.69, 9.17) is 11.6 Å². The fourth-order valence-electron chi connectivity index (χ4n) is 2.32. The second-order valence-corrected chi connectivity index (χ2v) is 6.14. The quantitative estimate of drug-likeness (QED) is 0.792. The molecule has 4 nitrogen and oxygen atoms in total. The van der Waals surface area contributed by atoms with E-state index in [1.54, 1.807) is 12.3 Å². The molecule has 19 heavy (non-hydrogen) atoms. The third kappa shape index (κ3) is 3.91. The second kappa shape index (κ2) is 5.88. The fourth-order valence-corrected chi connectivity index (χ4v) is 2.47. The van der Waals surface area contributed by atoms with Crippen molar-refractivity contribution in [3.05, 3.63) is 23.4 Å². The maximum absolute atomic E-state index is 11.0. The van der Waals surface area contributed by atoms with Crippen molar-refractivity contribution in [2.24, 2.45) is 5.41 Å². The zero-order valence-corrected chi connectivity index (χ0v) is 12.2. The number of carbonyl (C=O) groups is 1. The van der Waals surface area contributed by atoms with Gasteiger partial charge in [0.05, 0.1) is 0 Å². The molecular formula is C14H20ClN3O. The molecule has 0 atom stereocenters. The highest BCUT2D eigenvalue weighted by Gasteiger charge is 2.24. The molecule has 1 aromatic rings. The van der Waals surface area contributed by atoms with Gasteiger partial charge in [-0.15, -0.1) is 0 Å². The predicted octanol–water partition coefficient (Wildman–Crippen LogP) is 2.08. The van der Waals surface area contributed by atoms with Crippen molar-refractivity contribution >= 4 is 23.7 Å². The highest BCUT2D eigenvalue weighted by molar-refractivity contribution is 6.30. The van der Waals surface area contributed by atoms with Crippen molar-refractivity contribution in [3.63, 3.8) is 0 Å². The lowest BCUT2D eigenvalue weighted by Crippen LogP contribution is -2.49. The Morgan fingerprint density at radius 3 is 2.63 bits per heavy atom. The van der Waals surface area contributed by atoms with E-state index in [2.05, 4.69) is 14.8 Å². The molecule has 1 aliphatic rings. The van der Waals surface area contributed by atoms with Gasteiger partial charge < -0.3 is 9.69 Å². The van der Waals surface area contributed by atoms with Gasteiger partial charge in [0.15, 0.2) is 0 Å². The van der Waals surface area contributed by atoms with Crippen LogP contribution in [0.3, 0.4) is 0 Å². The Hall–Kier alpha value is -1.13. The molecule has 104 valence electrons. The first-order chi connectivity index (χ1) is 9.00. The third-order valence-corrected chi connectivity index (χ3v) is 3.59. The fraction of sp³-hybridized carbons (Fsp3) is 0.571. The van der Waals surface area contributed by atoms with E-state index in [-0.39, 0.29) is 5.41 Å². The summed E-state index contributed by atoms with van der Waals surface area (Å²) in [7, 11) is 0. The molecule has 0 aromatic carbocycles. The lowest BCUT2D eigenvalue weighted by atomic mass is 9.95. The molecular weight excluding hydrogens is 262 g/mol. The van der Waals surface area contributed by atoms with Gasteiger partial charge >= 0.3 is 0 Å². The molecule has 0 N–H and O–H groups in total. The summed E-state index contributed by atoms with van der Waals surface area (Å²) in [5.74, 6) is 0.932.